The predicted octanol–water partition coefficient (Wildman–Crippen LogP) is 1.11. The molecule has 0 spiro atoms. The van der Waals surface area contributed by atoms with Crippen molar-refractivity contribution in [1.82, 2.24) is 4.37 Å². The van der Waals surface area contributed by atoms with E-state index < -0.39 is 0 Å². The van der Waals surface area contributed by atoms with Gasteiger partial charge in [-0.05, 0) is 11.5 Å². The zero-order valence-electron chi connectivity index (χ0n) is 4.35. The molecule has 2 rings (SSSR count). The lowest BCUT2D eigenvalue weighted by molar-refractivity contribution is 1.12. The summed E-state index contributed by atoms with van der Waals surface area (Å²) in [6, 6.07) is 0. The quantitative estimate of drug-likeness (QED) is 0.563. The normalized spacial score (nSPS) is 15.5. The summed E-state index contributed by atoms with van der Waals surface area (Å²) in [5.41, 5.74) is 1.25. The topological polar surface area (TPSA) is 24.9 Å². The van der Waals surface area contributed by atoms with Gasteiger partial charge < -0.3 is 5.32 Å². The van der Waals surface area contributed by atoms with Gasteiger partial charge in [0.2, 0.25) is 0 Å². The summed E-state index contributed by atoms with van der Waals surface area (Å²) in [5, 5.41) is 3.23. The van der Waals surface area contributed by atoms with Gasteiger partial charge in [-0.15, -0.1) is 0 Å². The Bertz CT molecular complexity index is 176. The van der Waals surface area contributed by atoms with Gasteiger partial charge in [0.05, 0.1) is 16.8 Å². The summed E-state index contributed by atoms with van der Waals surface area (Å²) >= 11 is 1.60. The maximum absolute atomic E-state index is 4.02. The minimum absolute atomic E-state index is 1.10. The highest BCUT2D eigenvalue weighted by Gasteiger charge is 2.10. The van der Waals surface area contributed by atoms with Crippen LogP contribution in [0.2, 0.25) is 0 Å². The van der Waals surface area contributed by atoms with Crippen LogP contribution in [0.5, 0.6) is 0 Å². The molecule has 2 nitrogen and oxygen atoms in total. The molecule has 1 aromatic heterocycles. The average molecular weight is 126 g/mol. The van der Waals surface area contributed by atoms with E-state index in [4.69, 9.17) is 0 Å². The summed E-state index contributed by atoms with van der Waals surface area (Å²) < 4.78 is 4.02. The SMILES string of the molecule is c1nsc2c1NCC2. The molecule has 8 heavy (non-hydrogen) atoms. The lowest BCUT2D eigenvalue weighted by Crippen LogP contribution is -1.91. The molecule has 0 aliphatic carbocycles. The zero-order valence-corrected chi connectivity index (χ0v) is 5.16. The minimum atomic E-state index is 1.10. The number of nitrogens with zero attached hydrogens (tertiary/aromatic N) is 1. The molecule has 1 aliphatic heterocycles. The second kappa shape index (κ2) is 1.45. The second-order valence-electron chi connectivity index (χ2n) is 1.84. The molecule has 1 aromatic rings. The van der Waals surface area contributed by atoms with Crippen molar-refractivity contribution in [2.45, 2.75) is 6.42 Å². The zero-order chi connectivity index (χ0) is 5.40. The first-order valence-corrected chi connectivity index (χ1v) is 3.41. The van der Waals surface area contributed by atoms with Crippen LogP contribution in [0, 0.1) is 0 Å². The molecule has 0 aromatic carbocycles. The van der Waals surface area contributed by atoms with Gasteiger partial charge >= 0.3 is 0 Å². The van der Waals surface area contributed by atoms with Crippen LogP contribution in [0.4, 0.5) is 5.69 Å². The first-order valence-electron chi connectivity index (χ1n) is 2.64. The predicted molar refractivity (Wildman–Crippen MR) is 34.3 cm³/mol. The van der Waals surface area contributed by atoms with Gasteiger partial charge in [0.1, 0.15) is 0 Å². The van der Waals surface area contributed by atoms with Crippen molar-refractivity contribution in [2.75, 3.05) is 11.9 Å². The summed E-state index contributed by atoms with van der Waals surface area (Å²) in [5.74, 6) is 0. The van der Waals surface area contributed by atoms with Crippen LogP contribution in [0.1, 0.15) is 4.88 Å². The van der Waals surface area contributed by atoms with Gasteiger partial charge in [-0.3, -0.25) is 0 Å². The average Bonchev–Trinajstić information content (AvgIpc) is 2.15. The Morgan fingerprint density at radius 3 is 3.62 bits per heavy atom. The molecule has 42 valence electrons. The Balaban J connectivity index is 2.54. The molecule has 0 unspecified atom stereocenters. The van der Waals surface area contributed by atoms with E-state index in [0.29, 0.717) is 0 Å². The van der Waals surface area contributed by atoms with Crippen LogP contribution in [0.15, 0.2) is 6.20 Å². The fraction of sp³-hybridized carbons (Fsp3) is 0.400. The molecular formula is C5H6N2S. The van der Waals surface area contributed by atoms with E-state index >= 15 is 0 Å². The molecule has 0 saturated carbocycles. The number of aromatic nitrogens is 1. The molecule has 0 saturated heterocycles. The molecule has 0 radical (unpaired) electrons. The highest BCUT2D eigenvalue weighted by molar-refractivity contribution is 7.06. The molecule has 0 atom stereocenters. The third kappa shape index (κ3) is 0.448. The van der Waals surface area contributed by atoms with Crippen molar-refractivity contribution in [2.24, 2.45) is 0 Å². The number of hydrogen-bond donors (Lipinski definition) is 1. The number of anilines is 1. The molecule has 2 heterocycles. The number of fused-ring (bicyclic) bond motifs is 1. The van der Waals surface area contributed by atoms with Crippen molar-refractivity contribution in [3.05, 3.63) is 11.1 Å². The maximum Gasteiger partial charge on any atom is 0.0686 e. The fourth-order valence-electron chi connectivity index (χ4n) is 0.899. The molecule has 1 N–H and O–H groups in total. The Morgan fingerprint density at radius 1 is 1.75 bits per heavy atom. The highest BCUT2D eigenvalue weighted by Crippen LogP contribution is 2.24. The summed E-state index contributed by atoms with van der Waals surface area (Å²) in [6.45, 7) is 1.10. The van der Waals surface area contributed by atoms with Crippen molar-refractivity contribution >= 4 is 17.2 Å². The number of hydrogen-bond acceptors (Lipinski definition) is 3. The van der Waals surface area contributed by atoms with Crippen LogP contribution in [-0.4, -0.2) is 10.9 Å². The van der Waals surface area contributed by atoms with Crippen LogP contribution in [-0.2, 0) is 6.42 Å². The van der Waals surface area contributed by atoms with Crippen LogP contribution in [0.3, 0.4) is 0 Å². The summed E-state index contributed by atoms with van der Waals surface area (Å²) in [6.07, 6.45) is 3.06. The van der Waals surface area contributed by atoms with E-state index in [1.165, 1.54) is 17.0 Å². The number of rotatable bonds is 0. The monoisotopic (exact) mass is 126 g/mol. The van der Waals surface area contributed by atoms with E-state index in [9.17, 15) is 0 Å². The van der Waals surface area contributed by atoms with Crippen LogP contribution in [0.25, 0.3) is 0 Å². The molecule has 0 bridgehead atoms. The number of nitrogens with one attached hydrogen (secondary N) is 1. The van der Waals surface area contributed by atoms with E-state index in [-0.39, 0.29) is 0 Å². The van der Waals surface area contributed by atoms with Gasteiger partial charge in [-0.1, -0.05) is 0 Å². The standard InChI is InChI=1S/C5H6N2S/c1-2-6-4-3-7-8-5(1)4/h3,6H,1-2H2. The van der Waals surface area contributed by atoms with E-state index in [2.05, 4.69) is 9.69 Å². The van der Waals surface area contributed by atoms with E-state index in [0.717, 1.165) is 6.54 Å². The smallest absolute Gasteiger partial charge is 0.0686 e. The Hall–Kier alpha value is -0.570. The van der Waals surface area contributed by atoms with Crippen molar-refractivity contribution < 1.29 is 0 Å². The molecule has 0 amide bonds. The van der Waals surface area contributed by atoms with Crippen molar-refractivity contribution in [3.63, 3.8) is 0 Å². The van der Waals surface area contributed by atoms with Gasteiger partial charge in [-0.25, -0.2) is 0 Å². The fourth-order valence-corrected chi connectivity index (χ4v) is 1.60. The first-order chi connectivity index (χ1) is 3.97. The molecule has 0 fully saturated rings. The van der Waals surface area contributed by atoms with Crippen molar-refractivity contribution in [1.29, 1.82) is 0 Å². The third-order valence-electron chi connectivity index (χ3n) is 1.31. The molecule has 1 aliphatic rings. The van der Waals surface area contributed by atoms with Gasteiger partial charge in [0.25, 0.3) is 0 Å². The lowest BCUT2D eigenvalue weighted by atomic mass is 10.4. The van der Waals surface area contributed by atoms with Crippen LogP contribution < -0.4 is 5.32 Å². The highest BCUT2D eigenvalue weighted by atomic mass is 32.1. The summed E-state index contributed by atoms with van der Waals surface area (Å²) in [4.78, 5) is 1.41. The Morgan fingerprint density at radius 2 is 2.75 bits per heavy atom. The minimum Gasteiger partial charge on any atom is -0.382 e. The van der Waals surface area contributed by atoms with E-state index in [1.54, 1.807) is 11.5 Å². The van der Waals surface area contributed by atoms with Crippen LogP contribution >= 0.6 is 11.5 Å². The van der Waals surface area contributed by atoms with E-state index in [1.807, 2.05) is 6.20 Å². The Kier molecular flexibility index (Phi) is 0.784. The molecule has 3 heteroatoms. The van der Waals surface area contributed by atoms with Gasteiger partial charge in [-0.2, -0.15) is 4.37 Å². The first kappa shape index (κ1) is 4.32. The maximum atomic E-state index is 4.02. The Labute approximate surface area is 51.7 Å². The third-order valence-corrected chi connectivity index (χ3v) is 2.17. The lowest BCUT2D eigenvalue weighted by Gasteiger charge is -1.85. The van der Waals surface area contributed by atoms with Gasteiger partial charge in [0, 0.05) is 13.0 Å². The molecular weight excluding hydrogens is 120 g/mol. The largest absolute Gasteiger partial charge is 0.382 e. The van der Waals surface area contributed by atoms with Gasteiger partial charge in [0.15, 0.2) is 0 Å². The summed E-state index contributed by atoms with van der Waals surface area (Å²) in [7, 11) is 0. The van der Waals surface area contributed by atoms with Crippen molar-refractivity contribution in [3.8, 4) is 0 Å². The second-order valence-corrected chi connectivity index (χ2v) is 2.73.